The summed E-state index contributed by atoms with van der Waals surface area (Å²) in [5.74, 6) is 1.04. The van der Waals surface area contributed by atoms with E-state index in [1.54, 1.807) is 0 Å². The molecule has 0 fully saturated rings. The second-order valence-corrected chi connectivity index (χ2v) is 8.18. The van der Waals surface area contributed by atoms with Crippen molar-refractivity contribution < 1.29 is 4.79 Å². The van der Waals surface area contributed by atoms with Gasteiger partial charge < -0.3 is 10.2 Å². The first kappa shape index (κ1) is 18.6. The van der Waals surface area contributed by atoms with Gasteiger partial charge in [-0.2, -0.15) is 0 Å². The number of amides is 1. The number of anilines is 1. The Balaban J connectivity index is 1.51. The number of carbonyl (C=O) groups excluding carboxylic acids is 1. The van der Waals surface area contributed by atoms with Gasteiger partial charge >= 0.3 is 0 Å². The Bertz CT molecular complexity index is 971. The van der Waals surface area contributed by atoms with Gasteiger partial charge in [-0.3, -0.25) is 4.79 Å². The molecule has 1 aliphatic rings. The van der Waals surface area contributed by atoms with E-state index < -0.39 is 0 Å². The molecule has 28 heavy (non-hydrogen) atoms. The minimum absolute atomic E-state index is 0.0266. The Morgan fingerprint density at radius 2 is 1.82 bits per heavy atom. The molecule has 0 unspecified atom stereocenters. The minimum atomic E-state index is -0.0266. The normalized spacial score (nSPS) is 13.1. The molecule has 0 saturated heterocycles. The molecular weight excluding hydrogens is 364 g/mol. The molecular formula is C24H24N2OS. The maximum absolute atomic E-state index is 12.7. The van der Waals surface area contributed by atoms with Gasteiger partial charge in [0.25, 0.3) is 5.91 Å². The second kappa shape index (κ2) is 8.53. The molecule has 1 aliphatic heterocycles. The molecule has 1 amide bonds. The van der Waals surface area contributed by atoms with Crippen LogP contribution in [0.5, 0.6) is 0 Å². The molecule has 0 bridgehead atoms. The number of nitrogens with one attached hydrogen (secondary N) is 1. The van der Waals surface area contributed by atoms with Crippen LogP contribution >= 0.6 is 11.8 Å². The summed E-state index contributed by atoms with van der Waals surface area (Å²) in [6.45, 7) is 4.47. The van der Waals surface area contributed by atoms with Crippen molar-refractivity contribution in [2.75, 3.05) is 17.2 Å². The number of aryl methyl sites for hydroxylation is 1. The fraction of sp³-hybridized carbons (Fsp3) is 0.208. The SMILES string of the molecule is Cc1ccccc1CNC(=O)c1ccc2c(c1)N(Cc1ccccc1)CCS2. The summed E-state index contributed by atoms with van der Waals surface area (Å²) in [5, 5.41) is 3.06. The van der Waals surface area contributed by atoms with Crippen molar-refractivity contribution in [1.29, 1.82) is 0 Å². The van der Waals surface area contributed by atoms with Crippen molar-refractivity contribution in [2.45, 2.75) is 24.9 Å². The van der Waals surface area contributed by atoms with Crippen LogP contribution in [0.25, 0.3) is 0 Å². The molecule has 0 spiro atoms. The van der Waals surface area contributed by atoms with Gasteiger partial charge in [-0.15, -0.1) is 11.8 Å². The number of rotatable bonds is 5. The van der Waals surface area contributed by atoms with Crippen molar-refractivity contribution in [3.05, 3.63) is 95.1 Å². The lowest BCUT2D eigenvalue weighted by atomic mass is 10.1. The summed E-state index contributed by atoms with van der Waals surface area (Å²) in [4.78, 5) is 16.4. The average molecular weight is 389 g/mol. The highest BCUT2D eigenvalue weighted by molar-refractivity contribution is 7.99. The standard InChI is InChI=1S/C24H24N2OS/c1-18-7-5-6-10-21(18)16-25-24(27)20-11-12-23-22(15-20)26(13-14-28-23)17-19-8-3-2-4-9-19/h2-12,15H,13-14,16-17H2,1H3,(H,25,27). The first-order valence-electron chi connectivity index (χ1n) is 9.59. The lowest BCUT2D eigenvalue weighted by Crippen LogP contribution is -2.29. The third kappa shape index (κ3) is 4.23. The third-order valence-electron chi connectivity index (χ3n) is 5.10. The molecule has 1 heterocycles. The van der Waals surface area contributed by atoms with Crippen LogP contribution in [0.1, 0.15) is 27.0 Å². The Kier molecular flexibility index (Phi) is 5.68. The summed E-state index contributed by atoms with van der Waals surface area (Å²) < 4.78 is 0. The van der Waals surface area contributed by atoms with Crippen LogP contribution in [-0.4, -0.2) is 18.2 Å². The number of benzene rings is 3. The quantitative estimate of drug-likeness (QED) is 0.665. The van der Waals surface area contributed by atoms with Crippen molar-refractivity contribution in [3.8, 4) is 0 Å². The number of thioether (sulfide) groups is 1. The van der Waals surface area contributed by atoms with Crippen LogP contribution in [0.4, 0.5) is 5.69 Å². The number of fused-ring (bicyclic) bond motifs is 1. The largest absolute Gasteiger partial charge is 0.365 e. The van der Waals surface area contributed by atoms with E-state index in [2.05, 4.69) is 59.6 Å². The molecule has 0 aliphatic carbocycles. The van der Waals surface area contributed by atoms with Crippen LogP contribution in [0.2, 0.25) is 0 Å². The van der Waals surface area contributed by atoms with E-state index in [4.69, 9.17) is 0 Å². The highest BCUT2D eigenvalue weighted by Crippen LogP contribution is 2.36. The molecule has 0 atom stereocenters. The van der Waals surface area contributed by atoms with Gasteiger partial charge in [0.05, 0.1) is 5.69 Å². The van der Waals surface area contributed by atoms with Crippen LogP contribution in [0.3, 0.4) is 0 Å². The van der Waals surface area contributed by atoms with E-state index in [1.165, 1.54) is 16.0 Å². The summed E-state index contributed by atoms with van der Waals surface area (Å²) in [7, 11) is 0. The van der Waals surface area contributed by atoms with Crippen molar-refractivity contribution in [1.82, 2.24) is 5.32 Å². The zero-order chi connectivity index (χ0) is 19.3. The van der Waals surface area contributed by atoms with Gasteiger partial charge in [-0.25, -0.2) is 0 Å². The Labute approximate surface area is 170 Å². The summed E-state index contributed by atoms with van der Waals surface area (Å²) >= 11 is 1.86. The van der Waals surface area contributed by atoms with Gasteiger partial charge in [-0.1, -0.05) is 54.6 Å². The predicted octanol–water partition coefficient (Wildman–Crippen LogP) is 5.04. The number of hydrogen-bond donors (Lipinski definition) is 1. The van der Waals surface area contributed by atoms with Crippen LogP contribution < -0.4 is 10.2 Å². The first-order valence-corrected chi connectivity index (χ1v) is 10.6. The molecule has 4 heteroatoms. The average Bonchev–Trinajstić information content (AvgIpc) is 2.74. The monoisotopic (exact) mass is 388 g/mol. The van der Waals surface area contributed by atoms with Crippen LogP contribution in [0, 0.1) is 6.92 Å². The summed E-state index contributed by atoms with van der Waals surface area (Å²) in [5.41, 5.74) is 5.50. The van der Waals surface area contributed by atoms with Gasteiger partial charge in [0, 0.05) is 35.8 Å². The Hall–Kier alpha value is -2.72. The zero-order valence-electron chi connectivity index (χ0n) is 16.0. The Morgan fingerprint density at radius 3 is 2.64 bits per heavy atom. The first-order chi connectivity index (χ1) is 13.7. The third-order valence-corrected chi connectivity index (χ3v) is 6.14. The van der Waals surface area contributed by atoms with Gasteiger partial charge in [0.15, 0.2) is 0 Å². The fourth-order valence-electron chi connectivity index (χ4n) is 3.47. The molecule has 3 aromatic carbocycles. The predicted molar refractivity (Wildman–Crippen MR) is 117 cm³/mol. The maximum Gasteiger partial charge on any atom is 0.251 e. The van der Waals surface area contributed by atoms with E-state index in [1.807, 2.05) is 42.1 Å². The smallest absolute Gasteiger partial charge is 0.251 e. The van der Waals surface area contributed by atoms with Gasteiger partial charge in [0.2, 0.25) is 0 Å². The molecule has 3 aromatic rings. The highest BCUT2D eigenvalue weighted by atomic mass is 32.2. The number of hydrogen-bond acceptors (Lipinski definition) is 3. The molecule has 142 valence electrons. The topological polar surface area (TPSA) is 32.3 Å². The van der Waals surface area contributed by atoms with Crippen molar-refractivity contribution in [2.24, 2.45) is 0 Å². The maximum atomic E-state index is 12.7. The molecule has 0 aromatic heterocycles. The Morgan fingerprint density at radius 1 is 1.04 bits per heavy atom. The van der Waals surface area contributed by atoms with Crippen molar-refractivity contribution >= 4 is 23.4 Å². The number of nitrogens with zero attached hydrogens (tertiary/aromatic N) is 1. The summed E-state index contributed by atoms with van der Waals surface area (Å²) in [6, 6.07) is 24.7. The van der Waals surface area contributed by atoms with Crippen molar-refractivity contribution in [3.63, 3.8) is 0 Å². The lowest BCUT2D eigenvalue weighted by molar-refractivity contribution is 0.0951. The van der Waals surface area contributed by atoms with E-state index in [0.29, 0.717) is 12.1 Å². The van der Waals surface area contributed by atoms with E-state index in [9.17, 15) is 4.79 Å². The van der Waals surface area contributed by atoms with E-state index in [0.717, 1.165) is 30.1 Å². The highest BCUT2D eigenvalue weighted by Gasteiger charge is 2.19. The molecule has 1 N–H and O–H groups in total. The van der Waals surface area contributed by atoms with Gasteiger partial charge in [-0.05, 0) is 41.8 Å². The van der Waals surface area contributed by atoms with E-state index >= 15 is 0 Å². The fourth-order valence-corrected chi connectivity index (χ4v) is 4.50. The molecule has 0 saturated carbocycles. The van der Waals surface area contributed by atoms with E-state index in [-0.39, 0.29) is 5.91 Å². The van der Waals surface area contributed by atoms with Crippen LogP contribution in [0.15, 0.2) is 77.7 Å². The lowest BCUT2D eigenvalue weighted by Gasteiger charge is -2.31. The van der Waals surface area contributed by atoms with Crippen LogP contribution in [-0.2, 0) is 13.1 Å². The zero-order valence-corrected chi connectivity index (χ0v) is 16.8. The minimum Gasteiger partial charge on any atom is -0.365 e. The molecule has 4 rings (SSSR count). The molecule has 3 nitrogen and oxygen atoms in total. The second-order valence-electron chi connectivity index (χ2n) is 7.05. The van der Waals surface area contributed by atoms with Gasteiger partial charge in [0.1, 0.15) is 0 Å². The summed E-state index contributed by atoms with van der Waals surface area (Å²) in [6.07, 6.45) is 0. The molecule has 0 radical (unpaired) electrons. The number of carbonyl (C=O) groups is 1.